The molecule has 0 atom stereocenters. The first-order valence-corrected chi connectivity index (χ1v) is 9.33. The molecule has 0 saturated carbocycles. The van der Waals surface area contributed by atoms with Crippen LogP contribution < -0.4 is 0 Å². The van der Waals surface area contributed by atoms with Gasteiger partial charge in [-0.3, -0.25) is 4.98 Å². The van der Waals surface area contributed by atoms with Crippen molar-refractivity contribution in [2.75, 3.05) is 0 Å². The number of rotatable bonds is 3. The topological polar surface area (TPSA) is 25.8 Å². The lowest BCUT2D eigenvalue weighted by Gasteiger charge is -2.11. The van der Waals surface area contributed by atoms with Gasteiger partial charge in [0.1, 0.15) is 0 Å². The van der Waals surface area contributed by atoms with Crippen LogP contribution in [0, 0.1) is 0 Å². The van der Waals surface area contributed by atoms with E-state index in [0.29, 0.717) is 5.02 Å². The van der Waals surface area contributed by atoms with Crippen LogP contribution >= 0.6 is 27.5 Å². The number of hydrogen-bond acceptors (Lipinski definition) is 2. The van der Waals surface area contributed by atoms with Gasteiger partial charge in [0.2, 0.25) is 0 Å². The van der Waals surface area contributed by atoms with Gasteiger partial charge in [-0.25, -0.2) is 4.98 Å². The molecule has 0 N–H and O–H groups in total. The standard InChI is InChI=1S/C22H14BrClN2/c23-18-12-11-17(13-19(18)24)20-14-25-21(15-7-3-1-4-8-15)22(26-20)16-9-5-2-6-10-16/h1-14H. The molecule has 0 spiro atoms. The quantitative estimate of drug-likeness (QED) is 0.360. The fourth-order valence-electron chi connectivity index (χ4n) is 2.79. The highest BCUT2D eigenvalue weighted by molar-refractivity contribution is 9.10. The number of nitrogens with zero attached hydrogens (tertiary/aromatic N) is 2. The Morgan fingerprint density at radius 2 is 1.31 bits per heavy atom. The highest BCUT2D eigenvalue weighted by atomic mass is 79.9. The summed E-state index contributed by atoms with van der Waals surface area (Å²) in [5.74, 6) is 0. The monoisotopic (exact) mass is 420 g/mol. The van der Waals surface area contributed by atoms with Crippen LogP contribution in [-0.4, -0.2) is 9.97 Å². The summed E-state index contributed by atoms with van der Waals surface area (Å²) in [5.41, 5.74) is 5.51. The molecule has 3 aromatic carbocycles. The highest BCUT2D eigenvalue weighted by Crippen LogP contribution is 2.32. The Morgan fingerprint density at radius 1 is 0.692 bits per heavy atom. The van der Waals surface area contributed by atoms with Crippen molar-refractivity contribution < 1.29 is 0 Å². The molecule has 0 fully saturated rings. The van der Waals surface area contributed by atoms with Crippen LogP contribution in [0.4, 0.5) is 0 Å². The molecular weight excluding hydrogens is 408 g/mol. The van der Waals surface area contributed by atoms with Crippen molar-refractivity contribution in [1.29, 1.82) is 0 Å². The summed E-state index contributed by atoms with van der Waals surface area (Å²) >= 11 is 9.68. The molecule has 2 nitrogen and oxygen atoms in total. The zero-order valence-corrected chi connectivity index (χ0v) is 16.1. The van der Waals surface area contributed by atoms with E-state index >= 15 is 0 Å². The lowest BCUT2D eigenvalue weighted by molar-refractivity contribution is 1.21. The van der Waals surface area contributed by atoms with Gasteiger partial charge in [0.15, 0.2) is 0 Å². The van der Waals surface area contributed by atoms with Crippen molar-refractivity contribution in [2.45, 2.75) is 0 Å². The molecule has 4 heteroatoms. The van der Waals surface area contributed by atoms with Crippen molar-refractivity contribution in [3.8, 4) is 33.8 Å². The third-order valence-electron chi connectivity index (χ3n) is 4.08. The Kier molecular flexibility index (Phi) is 4.83. The Hall–Kier alpha value is -2.49. The van der Waals surface area contributed by atoms with Gasteiger partial charge in [-0.05, 0) is 28.1 Å². The molecule has 0 amide bonds. The second kappa shape index (κ2) is 7.40. The molecule has 4 aromatic rings. The average molecular weight is 422 g/mol. The lowest BCUT2D eigenvalue weighted by atomic mass is 10.0. The first kappa shape index (κ1) is 17.0. The van der Waals surface area contributed by atoms with Crippen LogP contribution in [0.5, 0.6) is 0 Å². The van der Waals surface area contributed by atoms with Gasteiger partial charge in [0.05, 0.1) is 28.3 Å². The molecule has 0 aliphatic heterocycles. The molecule has 4 rings (SSSR count). The summed E-state index contributed by atoms with van der Waals surface area (Å²) in [5, 5.41) is 0.651. The predicted molar refractivity (Wildman–Crippen MR) is 111 cm³/mol. The minimum absolute atomic E-state index is 0.651. The molecule has 0 bridgehead atoms. The minimum atomic E-state index is 0.651. The first-order valence-electron chi connectivity index (χ1n) is 8.16. The zero-order chi connectivity index (χ0) is 17.9. The smallest absolute Gasteiger partial charge is 0.0972 e. The second-order valence-electron chi connectivity index (χ2n) is 5.81. The van der Waals surface area contributed by atoms with E-state index in [2.05, 4.69) is 28.1 Å². The molecule has 0 aliphatic carbocycles. The maximum absolute atomic E-state index is 6.25. The van der Waals surface area contributed by atoms with Gasteiger partial charge in [-0.2, -0.15) is 0 Å². The maximum atomic E-state index is 6.25. The molecule has 0 radical (unpaired) electrons. The van der Waals surface area contributed by atoms with Crippen molar-refractivity contribution in [1.82, 2.24) is 9.97 Å². The molecular formula is C22H14BrClN2. The lowest BCUT2D eigenvalue weighted by Crippen LogP contribution is -1.96. The Labute approximate surface area is 165 Å². The first-order chi connectivity index (χ1) is 12.7. The number of benzene rings is 3. The van der Waals surface area contributed by atoms with E-state index in [4.69, 9.17) is 21.6 Å². The summed E-state index contributed by atoms with van der Waals surface area (Å²) < 4.78 is 0.861. The Morgan fingerprint density at radius 3 is 1.92 bits per heavy atom. The van der Waals surface area contributed by atoms with E-state index in [1.165, 1.54) is 0 Å². The van der Waals surface area contributed by atoms with Crippen LogP contribution in [0.15, 0.2) is 89.5 Å². The number of hydrogen-bond donors (Lipinski definition) is 0. The third-order valence-corrected chi connectivity index (χ3v) is 5.31. The fraction of sp³-hybridized carbons (Fsp3) is 0. The minimum Gasteiger partial charge on any atom is -0.252 e. The van der Waals surface area contributed by atoms with Crippen molar-refractivity contribution in [3.63, 3.8) is 0 Å². The second-order valence-corrected chi connectivity index (χ2v) is 7.07. The normalized spacial score (nSPS) is 10.7. The third kappa shape index (κ3) is 3.41. The molecule has 26 heavy (non-hydrogen) atoms. The fourth-order valence-corrected chi connectivity index (χ4v) is 3.22. The number of aromatic nitrogens is 2. The molecule has 0 unspecified atom stereocenters. The van der Waals surface area contributed by atoms with Gasteiger partial charge in [0, 0.05) is 21.2 Å². The van der Waals surface area contributed by atoms with Crippen molar-refractivity contribution >= 4 is 27.5 Å². The largest absolute Gasteiger partial charge is 0.252 e. The maximum Gasteiger partial charge on any atom is 0.0972 e. The van der Waals surface area contributed by atoms with E-state index in [0.717, 1.165) is 38.2 Å². The van der Waals surface area contributed by atoms with Gasteiger partial charge in [-0.15, -0.1) is 0 Å². The van der Waals surface area contributed by atoms with Crippen LogP contribution in [0.3, 0.4) is 0 Å². The van der Waals surface area contributed by atoms with Gasteiger partial charge in [-0.1, -0.05) is 78.3 Å². The number of halogens is 2. The molecule has 1 heterocycles. The predicted octanol–water partition coefficient (Wildman–Crippen LogP) is 6.89. The summed E-state index contributed by atoms with van der Waals surface area (Å²) in [7, 11) is 0. The zero-order valence-electron chi connectivity index (χ0n) is 13.7. The van der Waals surface area contributed by atoms with Crippen LogP contribution in [0.25, 0.3) is 33.8 Å². The summed E-state index contributed by atoms with van der Waals surface area (Å²) in [4.78, 5) is 9.66. The molecule has 1 aromatic heterocycles. The summed E-state index contributed by atoms with van der Waals surface area (Å²) in [6.07, 6.45) is 1.80. The Balaban J connectivity index is 1.91. The van der Waals surface area contributed by atoms with E-state index in [9.17, 15) is 0 Å². The van der Waals surface area contributed by atoms with Crippen LogP contribution in [0.2, 0.25) is 5.02 Å². The average Bonchev–Trinajstić information content (AvgIpc) is 2.71. The Bertz CT molecular complexity index is 1050. The van der Waals surface area contributed by atoms with Crippen molar-refractivity contribution in [2.24, 2.45) is 0 Å². The van der Waals surface area contributed by atoms with Crippen LogP contribution in [0.1, 0.15) is 0 Å². The molecule has 0 saturated heterocycles. The van der Waals surface area contributed by atoms with E-state index in [1.54, 1.807) is 6.20 Å². The molecule has 0 aliphatic rings. The summed E-state index contributed by atoms with van der Waals surface area (Å²) in [6.45, 7) is 0. The summed E-state index contributed by atoms with van der Waals surface area (Å²) in [6, 6.07) is 26.0. The van der Waals surface area contributed by atoms with E-state index < -0.39 is 0 Å². The van der Waals surface area contributed by atoms with Crippen LogP contribution in [-0.2, 0) is 0 Å². The van der Waals surface area contributed by atoms with E-state index in [-0.39, 0.29) is 0 Å². The van der Waals surface area contributed by atoms with Crippen molar-refractivity contribution in [3.05, 3.63) is 94.6 Å². The van der Waals surface area contributed by atoms with Gasteiger partial charge in [0.25, 0.3) is 0 Å². The molecule has 126 valence electrons. The SMILES string of the molecule is Clc1cc(-c2cnc(-c3ccccc3)c(-c3ccccc3)n2)ccc1Br. The van der Waals surface area contributed by atoms with E-state index in [1.807, 2.05) is 66.7 Å². The highest BCUT2D eigenvalue weighted by Gasteiger charge is 2.13. The van der Waals surface area contributed by atoms with Gasteiger partial charge < -0.3 is 0 Å². The van der Waals surface area contributed by atoms with Gasteiger partial charge >= 0.3 is 0 Å².